The van der Waals surface area contributed by atoms with Crippen LogP contribution in [0.2, 0.25) is 5.02 Å². The van der Waals surface area contributed by atoms with Gasteiger partial charge in [-0.05, 0) is 56.3 Å². The number of halogens is 1. The van der Waals surface area contributed by atoms with Gasteiger partial charge in [0.15, 0.2) is 0 Å². The fourth-order valence-corrected chi connectivity index (χ4v) is 3.30. The van der Waals surface area contributed by atoms with E-state index in [2.05, 4.69) is 4.90 Å². The SMILES string of the molecule is NC(CCN1CCCC(CCO)C1)c1ccccc1Cl. The fourth-order valence-electron chi connectivity index (χ4n) is 3.03. The molecule has 0 radical (unpaired) electrons. The highest BCUT2D eigenvalue weighted by Crippen LogP contribution is 2.25. The predicted octanol–water partition coefficient (Wildman–Crippen LogP) is 2.82. The minimum atomic E-state index is 0.00178. The van der Waals surface area contributed by atoms with Crippen molar-refractivity contribution in [1.82, 2.24) is 4.90 Å². The summed E-state index contributed by atoms with van der Waals surface area (Å²) in [5.41, 5.74) is 7.30. The van der Waals surface area contributed by atoms with Gasteiger partial charge in [-0.15, -0.1) is 0 Å². The first-order chi connectivity index (χ1) is 9.70. The number of likely N-dealkylation sites (tertiary alicyclic amines) is 1. The van der Waals surface area contributed by atoms with Crippen LogP contribution in [0.15, 0.2) is 24.3 Å². The number of aliphatic hydroxyl groups excluding tert-OH is 1. The summed E-state index contributed by atoms with van der Waals surface area (Å²) in [6, 6.07) is 7.83. The molecule has 0 amide bonds. The number of nitrogens with zero attached hydrogens (tertiary/aromatic N) is 1. The van der Waals surface area contributed by atoms with Crippen molar-refractivity contribution in [3.8, 4) is 0 Å². The number of hydrogen-bond acceptors (Lipinski definition) is 3. The fraction of sp³-hybridized carbons (Fsp3) is 0.625. The van der Waals surface area contributed by atoms with Crippen LogP contribution in [0.1, 0.15) is 37.3 Å². The molecule has 1 saturated heterocycles. The van der Waals surface area contributed by atoms with Crippen molar-refractivity contribution >= 4 is 11.6 Å². The highest BCUT2D eigenvalue weighted by molar-refractivity contribution is 6.31. The van der Waals surface area contributed by atoms with Crippen molar-refractivity contribution in [2.75, 3.05) is 26.2 Å². The molecule has 1 aliphatic rings. The molecular weight excluding hydrogens is 272 g/mol. The maximum absolute atomic E-state index is 9.05. The number of aliphatic hydroxyl groups is 1. The largest absolute Gasteiger partial charge is 0.396 e. The molecule has 0 bridgehead atoms. The van der Waals surface area contributed by atoms with Gasteiger partial charge in [0, 0.05) is 24.2 Å². The molecule has 0 saturated carbocycles. The Morgan fingerprint density at radius 2 is 2.20 bits per heavy atom. The van der Waals surface area contributed by atoms with Crippen molar-refractivity contribution in [2.45, 2.75) is 31.7 Å². The Bertz CT molecular complexity index is 411. The summed E-state index contributed by atoms with van der Waals surface area (Å²) in [6.07, 6.45) is 4.32. The van der Waals surface area contributed by atoms with Gasteiger partial charge in [0.25, 0.3) is 0 Å². The molecule has 4 heteroatoms. The molecule has 1 fully saturated rings. The Morgan fingerprint density at radius 3 is 2.95 bits per heavy atom. The summed E-state index contributed by atoms with van der Waals surface area (Å²) in [7, 11) is 0. The van der Waals surface area contributed by atoms with Crippen LogP contribution in [0, 0.1) is 5.92 Å². The Labute approximate surface area is 126 Å². The number of hydrogen-bond donors (Lipinski definition) is 2. The van der Waals surface area contributed by atoms with Crippen molar-refractivity contribution in [1.29, 1.82) is 0 Å². The monoisotopic (exact) mass is 296 g/mol. The van der Waals surface area contributed by atoms with Gasteiger partial charge >= 0.3 is 0 Å². The molecule has 112 valence electrons. The lowest BCUT2D eigenvalue weighted by molar-refractivity contribution is 0.144. The summed E-state index contributed by atoms with van der Waals surface area (Å²) in [4.78, 5) is 2.47. The molecule has 1 heterocycles. The van der Waals surface area contributed by atoms with Gasteiger partial charge in [-0.25, -0.2) is 0 Å². The maximum atomic E-state index is 9.05. The molecule has 0 aliphatic carbocycles. The van der Waals surface area contributed by atoms with Gasteiger partial charge in [0.1, 0.15) is 0 Å². The maximum Gasteiger partial charge on any atom is 0.0453 e. The second kappa shape index (κ2) is 7.99. The van der Waals surface area contributed by atoms with E-state index in [1.54, 1.807) is 0 Å². The van der Waals surface area contributed by atoms with E-state index in [0.717, 1.165) is 43.1 Å². The van der Waals surface area contributed by atoms with E-state index in [0.29, 0.717) is 12.5 Å². The smallest absolute Gasteiger partial charge is 0.0453 e. The van der Waals surface area contributed by atoms with Crippen LogP contribution in [0.4, 0.5) is 0 Å². The van der Waals surface area contributed by atoms with Crippen LogP contribution in [-0.2, 0) is 0 Å². The summed E-state index contributed by atoms with van der Waals surface area (Å²) < 4.78 is 0. The molecule has 3 nitrogen and oxygen atoms in total. The second-order valence-corrected chi connectivity index (χ2v) is 6.15. The van der Waals surface area contributed by atoms with Gasteiger partial charge in [-0.2, -0.15) is 0 Å². The van der Waals surface area contributed by atoms with Gasteiger partial charge in [-0.3, -0.25) is 0 Å². The lowest BCUT2D eigenvalue weighted by Crippen LogP contribution is -2.37. The highest BCUT2D eigenvalue weighted by atomic mass is 35.5. The van der Waals surface area contributed by atoms with Crippen molar-refractivity contribution < 1.29 is 5.11 Å². The van der Waals surface area contributed by atoms with E-state index in [1.165, 1.54) is 12.8 Å². The minimum Gasteiger partial charge on any atom is -0.396 e. The standard InChI is InChI=1S/C16H25ClN2O/c17-15-6-2-1-5-14(15)16(18)7-10-19-9-3-4-13(12-19)8-11-20/h1-2,5-6,13,16,20H,3-4,7-12,18H2. The number of nitrogens with two attached hydrogens (primary N) is 1. The van der Waals surface area contributed by atoms with Crippen LogP contribution < -0.4 is 5.73 Å². The van der Waals surface area contributed by atoms with E-state index in [-0.39, 0.29) is 6.04 Å². The summed E-state index contributed by atoms with van der Waals surface area (Å²) in [5.74, 6) is 0.644. The van der Waals surface area contributed by atoms with E-state index in [1.807, 2.05) is 24.3 Å². The average molecular weight is 297 g/mol. The van der Waals surface area contributed by atoms with Crippen molar-refractivity contribution in [3.05, 3.63) is 34.9 Å². The molecule has 2 unspecified atom stereocenters. The lowest BCUT2D eigenvalue weighted by atomic mass is 9.94. The first kappa shape index (κ1) is 15.8. The molecule has 0 aromatic heterocycles. The number of benzene rings is 1. The second-order valence-electron chi connectivity index (χ2n) is 5.74. The van der Waals surface area contributed by atoms with Crippen molar-refractivity contribution in [3.63, 3.8) is 0 Å². The van der Waals surface area contributed by atoms with Gasteiger partial charge < -0.3 is 15.7 Å². The molecule has 1 aromatic rings. The molecule has 2 atom stereocenters. The summed E-state index contributed by atoms with van der Waals surface area (Å²) >= 11 is 6.18. The number of piperidine rings is 1. The molecule has 0 spiro atoms. The minimum absolute atomic E-state index is 0.00178. The Morgan fingerprint density at radius 1 is 1.40 bits per heavy atom. The zero-order valence-corrected chi connectivity index (χ0v) is 12.7. The summed E-state index contributed by atoms with van der Waals surface area (Å²) in [5, 5.41) is 9.81. The highest BCUT2D eigenvalue weighted by Gasteiger charge is 2.20. The third-order valence-corrected chi connectivity index (χ3v) is 4.55. The Balaban J connectivity index is 1.81. The van der Waals surface area contributed by atoms with E-state index in [9.17, 15) is 0 Å². The third kappa shape index (κ3) is 4.45. The van der Waals surface area contributed by atoms with Crippen LogP contribution in [0.3, 0.4) is 0 Å². The normalized spacial score (nSPS) is 21.9. The first-order valence-corrected chi connectivity index (χ1v) is 7.91. The lowest BCUT2D eigenvalue weighted by Gasteiger charge is -2.33. The Kier molecular flexibility index (Phi) is 6.30. The van der Waals surface area contributed by atoms with Gasteiger partial charge in [0.2, 0.25) is 0 Å². The first-order valence-electron chi connectivity index (χ1n) is 7.54. The molecule has 1 aromatic carbocycles. The molecule has 1 aliphatic heterocycles. The molecule has 2 rings (SSSR count). The van der Waals surface area contributed by atoms with E-state index in [4.69, 9.17) is 22.4 Å². The van der Waals surface area contributed by atoms with Crippen LogP contribution in [0.25, 0.3) is 0 Å². The molecular formula is C16H25ClN2O. The molecule has 3 N–H and O–H groups in total. The Hall–Kier alpha value is -0.610. The zero-order chi connectivity index (χ0) is 14.4. The average Bonchev–Trinajstić information content (AvgIpc) is 2.46. The number of rotatable bonds is 6. The molecule has 20 heavy (non-hydrogen) atoms. The van der Waals surface area contributed by atoms with E-state index < -0.39 is 0 Å². The van der Waals surface area contributed by atoms with Crippen molar-refractivity contribution in [2.24, 2.45) is 11.7 Å². The van der Waals surface area contributed by atoms with Crippen LogP contribution in [-0.4, -0.2) is 36.2 Å². The predicted molar refractivity (Wildman–Crippen MR) is 83.9 cm³/mol. The summed E-state index contributed by atoms with van der Waals surface area (Å²) in [6.45, 7) is 3.55. The van der Waals surface area contributed by atoms with Crippen LogP contribution in [0.5, 0.6) is 0 Å². The quantitative estimate of drug-likeness (QED) is 0.849. The van der Waals surface area contributed by atoms with Gasteiger partial charge in [-0.1, -0.05) is 29.8 Å². The zero-order valence-electron chi connectivity index (χ0n) is 12.0. The third-order valence-electron chi connectivity index (χ3n) is 4.20. The van der Waals surface area contributed by atoms with Gasteiger partial charge in [0.05, 0.1) is 0 Å². The van der Waals surface area contributed by atoms with Crippen LogP contribution >= 0.6 is 11.6 Å². The topological polar surface area (TPSA) is 49.5 Å². The van der Waals surface area contributed by atoms with E-state index >= 15 is 0 Å².